The number of nitrogens with zero attached hydrogens (tertiary/aromatic N) is 4. The summed E-state index contributed by atoms with van der Waals surface area (Å²) in [6, 6.07) is 25.3. The molecule has 4 aromatic rings. The molecule has 49 heavy (non-hydrogen) atoms. The topological polar surface area (TPSA) is 150 Å². The molecule has 0 saturated heterocycles. The van der Waals surface area contributed by atoms with Gasteiger partial charge in [0.2, 0.25) is 5.90 Å². The Balaban J connectivity index is 1.54. The van der Waals surface area contributed by atoms with Gasteiger partial charge in [0.1, 0.15) is 11.5 Å². The fourth-order valence-electron chi connectivity index (χ4n) is 5.33. The Hall–Kier alpha value is -5.56. The van der Waals surface area contributed by atoms with Crippen LogP contribution in [-0.2, 0) is 28.7 Å². The van der Waals surface area contributed by atoms with Crippen molar-refractivity contribution in [1.29, 1.82) is 0 Å². The number of amides is 1. The molecule has 0 radical (unpaired) electrons. The Kier molecular flexibility index (Phi) is 11.0. The first-order valence-corrected chi connectivity index (χ1v) is 15.2. The lowest BCUT2D eigenvalue weighted by Crippen LogP contribution is -2.53. The maximum absolute atomic E-state index is 14.4. The maximum Gasteiger partial charge on any atom is 0.416 e. The van der Waals surface area contributed by atoms with Gasteiger partial charge < -0.3 is 19.3 Å². The van der Waals surface area contributed by atoms with Gasteiger partial charge in [0, 0.05) is 42.2 Å². The molecule has 0 aliphatic carbocycles. The van der Waals surface area contributed by atoms with E-state index >= 15 is 0 Å². The van der Waals surface area contributed by atoms with Crippen LogP contribution in [0.25, 0.3) is 10.4 Å². The quantitative estimate of drug-likeness (QED) is 0.0444. The number of methoxy groups -OCH3 is 1. The van der Waals surface area contributed by atoms with E-state index in [9.17, 15) is 23.5 Å². The molecule has 14 heteroatoms. The lowest BCUT2D eigenvalue weighted by atomic mass is 9.81. The minimum atomic E-state index is -4.47. The zero-order chi connectivity index (χ0) is 34.9. The van der Waals surface area contributed by atoms with Gasteiger partial charge in [-0.15, -0.1) is 0 Å². The number of carbonyl (C=O) groups excluding carboxylic acids is 1. The molecule has 1 aliphatic rings. The van der Waals surface area contributed by atoms with Gasteiger partial charge in [0.05, 0.1) is 19.3 Å². The number of carbonyl (C=O) groups is 1. The van der Waals surface area contributed by atoms with Crippen molar-refractivity contribution in [3.63, 3.8) is 0 Å². The van der Waals surface area contributed by atoms with Crippen LogP contribution in [0.15, 0.2) is 107 Å². The highest BCUT2D eigenvalue weighted by atomic mass is 19.4. The van der Waals surface area contributed by atoms with Crippen LogP contribution in [-0.4, -0.2) is 42.8 Å². The van der Waals surface area contributed by atoms with Crippen molar-refractivity contribution in [3.8, 4) is 11.5 Å². The second kappa shape index (κ2) is 15.6. The maximum atomic E-state index is 14.4. The number of aliphatic hydroxyl groups excluding tert-OH is 1. The highest BCUT2D eigenvalue weighted by molar-refractivity contribution is 6.01. The van der Waals surface area contributed by atoms with E-state index in [1.165, 1.54) is 19.2 Å². The first-order valence-electron chi connectivity index (χ1n) is 15.2. The SMILES string of the molecule is COc1cccc([C@@H]2OC(c3ccc(OCCCO)cc3)=N[C@]2(Cc2ccccc2N=[N+]=[N-])C(=O)NNCc2ccc(C(F)(F)F)cc2)c1. The van der Waals surface area contributed by atoms with Crippen LogP contribution in [0.5, 0.6) is 11.5 Å². The summed E-state index contributed by atoms with van der Waals surface area (Å²) < 4.78 is 56.8. The minimum Gasteiger partial charge on any atom is -0.497 e. The first kappa shape index (κ1) is 34.8. The Morgan fingerprint density at radius 3 is 2.49 bits per heavy atom. The van der Waals surface area contributed by atoms with E-state index in [-0.39, 0.29) is 25.5 Å². The number of nitrogens with one attached hydrogen (secondary N) is 2. The van der Waals surface area contributed by atoms with Crippen molar-refractivity contribution in [2.75, 3.05) is 20.3 Å². The van der Waals surface area contributed by atoms with Crippen LogP contribution in [0.2, 0.25) is 0 Å². The molecule has 1 amide bonds. The van der Waals surface area contributed by atoms with Crippen molar-refractivity contribution in [2.24, 2.45) is 10.1 Å². The number of benzene rings is 4. The highest BCUT2D eigenvalue weighted by Crippen LogP contribution is 2.44. The van der Waals surface area contributed by atoms with Gasteiger partial charge in [-0.1, -0.05) is 53.6 Å². The minimum absolute atomic E-state index is 0.000534. The molecule has 0 fully saturated rings. The van der Waals surface area contributed by atoms with Gasteiger partial charge in [-0.25, -0.2) is 10.4 Å². The van der Waals surface area contributed by atoms with Gasteiger partial charge in [0.15, 0.2) is 11.6 Å². The lowest BCUT2D eigenvalue weighted by molar-refractivity contribution is -0.137. The summed E-state index contributed by atoms with van der Waals surface area (Å²) in [7, 11) is 1.52. The third-order valence-corrected chi connectivity index (χ3v) is 7.81. The van der Waals surface area contributed by atoms with Crippen molar-refractivity contribution in [1.82, 2.24) is 10.9 Å². The van der Waals surface area contributed by atoms with Crippen LogP contribution >= 0.6 is 0 Å². The summed E-state index contributed by atoms with van der Waals surface area (Å²) in [6.45, 7) is 0.341. The molecule has 0 saturated carbocycles. The van der Waals surface area contributed by atoms with Crippen molar-refractivity contribution in [3.05, 3.63) is 135 Å². The fraction of sp³-hybridized carbons (Fsp3) is 0.257. The molecule has 0 bridgehead atoms. The summed E-state index contributed by atoms with van der Waals surface area (Å²) in [4.78, 5) is 22.3. The molecule has 11 nitrogen and oxygen atoms in total. The Labute approximate surface area is 280 Å². The predicted octanol–water partition coefficient (Wildman–Crippen LogP) is 6.74. The number of alkyl halides is 3. The van der Waals surface area contributed by atoms with E-state index in [0.717, 1.165) is 12.1 Å². The Morgan fingerprint density at radius 2 is 1.80 bits per heavy atom. The molecule has 3 N–H and O–H groups in total. The largest absolute Gasteiger partial charge is 0.497 e. The smallest absolute Gasteiger partial charge is 0.416 e. The molecule has 1 aliphatic heterocycles. The zero-order valence-corrected chi connectivity index (χ0v) is 26.4. The lowest BCUT2D eigenvalue weighted by Gasteiger charge is -2.31. The normalized spacial score (nSPS) is 17.0. The summed E-state index contributed by atoms with van der Waals surface area (Å²) >= 11 is 0. The van der Waals surface area contributed by atoms with Gasteiger partial charge >= 0.3 is 6.18 Å². The van der Waals surface area contributed by atoms with E-state index in [2.05, 4.69) is 20.9 Å². The van der Waals surface area contributed by atoms with E-state index in [1.54, 1.807) is 72.8 Å². The molecule has 2 atom stereocenters. The number of azide groups is 1. The summed E-state index contributed by atoms with van der Waals surface area (Å²) in [5.74, 6) is 0.638. The number of hydrogen-bond donors (Lipinski definition) is 3. The molecule has 254 valence electrons. The van der Waals surface area contributed by atoms with Gasteiger partial charge in [0.25, 0.3) is 5.91 Å². The Morgan fingerprint density at radius 1 is 1.04 bits per heavy atom. The molecule has 4 aromatic carbocycles. The van der Waals surface area contributed by atoms with Crippen molar-refractivity contribution < 1.29 is 37.3 Å². The molecular formula is C35H33F3N6O5. The zero-order valence-electron chi connectivity index (χ0n) is 26.4. The Bertz CT molecular complexity index is 1830. The fourth-order valence-corrected chi connectivity index (χ4v) is 5.33. The number of ether oxygens (including phenoxy) is 3. The monoisotopic (exact) mass is 674 g/mol. The molecule has 5 rings (SSSR count). The third kappa shape index (κ3) is 8.30. The third-order valence-electron chi connectivity index (χ3n) is 7.81. The van der Waals surface area contributed by atoms with E-state index in [4.69, 9.17) is 24.3 Å². The van der Waals surface area contributed by atoms with Gasteiger partial charge in [-0.05, 0) is 70.8 Å². The van der Waals surface area contributed by atoms with E-state index < -0.39 is 29.3 Å². The van der Waals surface area contributed by atoms with E-state index in [1.807, 2.05) is 0 Å². The van der Waals surface area contributed by atoms with Crippen LogP contribution in [0, 0.1) is 0 Å². The number of halogens is 3. The van der Waals surface area contributed by atoms with Gasteiger partial charge in [-0.2, -0.15) is 13.2 Å². The number of aliphatic imine (C=N–C) groups is 1. The number of rotatable bonds is 14. The van der Waals surface area contributed by atoms with Crippen LogP contribution in [0.3, 0.4) is 0 Å². The summed E-state index contributed by atoms with van der Waals surface area (Å²) in [5, 5.41) is 12.9. The summed E-state index contributed by atoms with van der Waals surface area (Å²) in [5.41, 5.74) is 14.7. The average Bonchev–Trinajstić information content (AvgIpc) is 3.50. The highest BCUT2D eigenvalue weighted by Gasteiger charge is 2.53. The number of hydrazine groups is 1. The molecule has 0 aromatic heterocycles. The molecular weight excluding hydrogens is 641 g/mol. The molecule has 0 unspecified atom stereocenters. The van der Waals surface area contributed by atoms with Gasteiger partial charge in [-0.3, -0.25) is 10.2 Å². The van der Waals surface area contributed by atoms with Crippen LogP contribution in [0.1, 0.15) is 40.3 Å². The number of aliphatic hydroxyl groups is 1. The second-order valence-electron chi connectivity index (χ2n) is 11.1. The van der Waals surface area contributed by atoms with Crippen LogP contribution < -0.4 is 20.3 Å². The standard InChI is InChI=1S/C35H33F3N6O5/c1-47-29-8-4-7-25(20-29)31-34(21-26-6-2-3-9-30(26)42-44-39,33(46)43-40-22-23-10-14-27(15-11-23)35(36,37)38)41-32(49-31)24-12-16-28(17-13-24)48-19-5-18-45/h2-4,6-17,20,31,40,45H,5,18-19,21-22H2,1H3,(H,43,46)/t31-,34-/m0/s1. The van der Waals surface area contributed by atoms with Crippen molar-refractivity contribution >= 4 is 17.5 Å². The van der Waals surface area contributed by atoms with Crippen molar-refractivity contribution in [2.45, 2.75) is 37.2 Å². The summed E-state index contributed by atoms with van der Waals surface area (Å²) in [6.07, 6.45) is -5.07. The van der Waals surface area contributed by atoms with E-state index in [0.29, 0.717) is 52.5 Å². The first-order chi connectivity index (χ1) is 23.7. The van der Waals surface area contributed by atoms with Crippen LogP contribution in [0.4, 0.5) is 18.9 Å². The molecule has 0 spiro atoms. The second-order valence-corrected chi connectivity index (χ2v) is 11.1. The predicted molar refractivity (Wildman–Crippen MR) is 175 cm³/mol. The average molecular weight is 675 g/mol. The molecule has 1 heterocycles. The number of hydrogen-bond acceptors (Lipinski definition) is 8.